The number of benzene rings is 1. The monoisotopic (exact) mass is 285 g/mol. The van der Waals surface area contributed by atoms with E-state index in [0.717, 1.165) is 5.56 Å². The molecule has 1 aromatic heterocycles. The van der Waals surface area contributed by atoms with E-state index < -0.39 is 5.83 Å². The Morgan fingerprint density at radius 3 is 2.57 bits per heavy atom. The minimum Gasteiger partial charge on any atom is -0.247 e. The Kier molecular flexibility index (Phi) is 4.03. The summed E-state index contributed by atoms with van der Waals surface area (Å²) in [6.07, 6.45) is 3.10. The molecule has 0 spiro atoms. The highest BCUT2D eigenvalue weighted by atomic mass is 19.1. The molecule has 0 aliphatic rings. The van der Waals surface area contributed by atoms with Crippen molar-refractivity contribution in [1.82, 2.24) is 4.98 Å². The van der Waals surface area contributed by atoms with E-state index in [4.69, 9.17) is 0 Å². The molecule has 1 heterocycles. The highest BCUT2D eigenvalue weighted by molar-refractivity contribution is 5.83. The first-order chi connectivity index (χ1) is 9.85. The molecule has 0 fully saturated rings. The molecule has 0 aliphatic carbocycles. The van der Waals surface area contributed by atoms with Crippen LogP contribution in [0.2, 0.25) is 0 Å². The van der Waals surface area contributed by atoms with Gasteiger partial charge in [-0.1, -0.05) is 19.2 Å². The molecule has 0 atom stereocenters. The second-order valence-corrected chi connectivity index (χ2v) is 5.06. The van der Waals surface area contributed by atoms with Crippen LogP contribution in [-0.2, 0) is 0 Å². The maximum absolute atomic E-state index is 14.2. The van der Waals surface area contributed by atoms with Gasteiger partial charge in [-0.2, -0.15) is 0 Å². The first kappa shape index (κ1) is 15.1. The summed E-state index contributed by atoms with van der Waals surface area (Å²) < 4.78 is 27.2. The molecule has 1 aromatic carbocycles. The molecule has 21 heavy (non-hydrogen) atoms. The predicted octanol–water partition coefficient (Wildman–Crippen LogP) is 3.78. The summed E-state index contributed by atoms with van der Waals surface area (Å²) in [4.78, 5) is 4.46. The summed E-state index contributed by atoms with van der Waals surface area (Å²) in [7, 11) is 0. The van der Waals surface area contributed by atoms with Gasteiger partial charge >= 0.3 is 0 Å². The van der Waals surface area contributed by atoms with E-state index in [9.17, 15) is 8.78 Å². The zero-order valence-electron chi connectivity index (χ0n) is 12.4. The molecule has 0 aliphatic heterocycles. The van der Waals surface area contributed by atoms with E-state index in [1.165, 1.54) is 12.1 Å². The maximum Gasteiger partial charge on any atom is 0.133 e. The third-order valence-corrected chi connectivity index (χ3v) is 3.36. The summed E-state index contributed by atoms with van der Waals surface area (Å²) in [5.74, 6) is -0.871. The number of aryl methyl sites for hydroxylation is 1. The molecule has 0 N–H and O–H groups in total. The molecule has 0 radical (unpaired) electrons. The van der Waals surface area contributed by atoms with E-state index in [1.54, 1.807) is 13.0 Å². The summed E-state index contributed by atoms with van der Waals surface area (Å²) in [6, 6.07) is 3.29. The molecular formula is C18H17F2N. The van der Waals surface area contributed by atoms with Crippen molar-refractivity contribution in [2.75, 3.05) is 0 Å². The zero-order valence-corrected chi connectivity index (χ0v) is 12.4. The number of pyridine rings is 1. The number of allylic oxidation sites excluding steroid dienone is 3. The number of aromatic nitrogens is 1. The van der Waals surface area contributed by atoms with Gasteiger partial charge in [0.15, 0.2) is 0 Å². The van der Waals surface area contributed by atoms with Gasteiger partial charge in [-0.3, -0.25) is 0 Å². The largest absolute Gasteiger partial charge is 0.247 e. The second-order valence-electron chi connectivity index (χ2n) is 5.06. The standard InChI is InChI=1S/C18H17F2N/c1-6-14-13(5)18(11(3)9-12(4)19)21-16-8-10(2)7-15(20)17(14)16/h6-9H,4-5H2,1-3H3. The van der Waals surface area contributed by atoms with Crippen molar-refractivity contribution in [3.8, 4) is 0 Å². The van der Waals surface area contributed by atoms with E-state index >= 15 is 0 Å². The van der Waals surface area contributed by atoms with E-state index in [1.807, 2.05) is 19.9 Å². The third-order valence-electron chi connectivity index (χ3n) is 3.36. The highest BCUT2D eigenvalue weighted by Crippen LogP contribution is 2.17. The minimum absolute atomic E-state index is 0.321. The fraction of sp³-hybridized carbons (Fsp3) is 0.167. The number of hydrogen-bond donors (Lipinski definition) is 0. The maximum atomic E-state index is 14.2. The average Bonchev–Trinajstić information content (AvgIpc) is 2.37. The molecule has 0 saturated heterocycles. The first-order valence-electron chi connectivity index (χ1n) is 6.63. The van der Waals surface area contributed by atoms with E-state index in [2.05, 4.69) is 18.1 Å². The van der Waals surface area contributed by atoms with Crippen LogP contribution < -0.4 is 10.4 Å². The zero-order chi connectivity index (χ0) is 15.7. The molecule has 2 aromatic rings. The van der Waals surface area contributed by atoms with Crippen molar-refractivity contribution < 1.29 is 8.78 Å². The molecule has 3 heteroatoms. The van der Waals surface area contributed by atoms with E-state index in [0.29, 0.717) is 32.6 Å². The van der Waals surface area contributed by atoms with Gasteiger partial charge in [0, 0.05) is 10.6 Å². The Balaban J connectivity index is 2.99. The van der Waals surface area contributed by atoms with Crippen molar-refractivity contribution in [3.05, 3.63) is 58.1 Å². The Labute approximate surface area is 122 Å². The predicted molar refractivity (Wildman–Crippen MR) is 85.2 cm³/mol. The Morgan fingerprint density at radius 1 is 1.33 bits per heavy atom. The van der Waals surface area contributed by atoms with Crippen LogP contribution in [0, 0.1) is 12.7 Å². The van der Waals surface area contributed by atoms with Gasteiger partial charge in [0.2, 0.25) is 0 Å². The van der Waals surface area contributed by atoms with Crippen molar-refractivity contribution in [3.63, 3.8) is 0 Å². The normalized spacial score (nSPS) is 13.0. The smallest absolute Gasteiger partial charge is 0.133 e. The SMILES string of the molecule is C=C(F)C=C(C)c1nc2cc(C)cc(F)c2c(=CC)c1=C. The lowest BCUT2D eigenvalue weighted by Crippen LogP contribution is -2.29. The van der Waals surface area contributed by atoms with Crippen LogP contribution >= 0.6 is 0 Å². The lowest BCUT2D eigenvalue weighted by molar-refractivity contribution is 0.637. The van der Waals surface area contributed by atoms with Gasteiger partial charge in [-0.25, -0.2) is 13.8 Å². The molecule has 1 nitrogen and oxygen atoms in total. The van der Waals surface area contributed by atoms with Crippen LogP contribution in [0.1, 0.15) is 25.1 Å². The topological polar surface area (TPSA) is 12.9 Å². The van der Waals surface area contributed by atoms with Crippen molar-refractivity contribution in [2.24, 2.45) is 0 Å². The number of hydrogen-bond acceptors (Lipinski definition) is 1. The van der Waals surface area contributed by atoms with Gasteiger partial charge in [-0.15, -0.1) is 0 Å². The molecule has 0 unspecified atom stereocenters. The summed E-state index contributed by atoms with van der Waals surface area (Å²) in [6.45, 7) is 12.6. The average molecular weight is 285 g/mol. The van der Waals surface area contributed by atoms with Crippen molar-refractivity contribution in [2.45, 2.75) is 20.8 Å². The molecule has 108 valence electrons. The molecular weight excluding hydrogens is 268 g/mol. The van der Waals surface area contributed by atoms with Crippen LogP contribution in [0.4, 0.5) is 8.78 Å². The highest BCUT2D eigenvalue weighted by Gasteiger charge is 2.10. The minimum atomic E-state index is -0.550. The lowest BCUT2D eigenvalue weighted by atomic mass is 10.0. The Bertz CT molecular complexity index is 876. The molecule has 0 amide bonds. The molecule has 0 bridgehead atoms. The Hall–Kier alpha value is -2.29. The summed E-state index contributed by atoms with van der Waals surface area (Å²) >= 11 is 0. The summed E-state index contributed by atoms with van der Waals surface area (Å²) in [5, 5.41) is 1.72. The van der Waals surface area contributed by atoms with Gasteiger partial charge in [-0.05, 0) is 55.3 Å². The Morgan fingerprint density at radius 2 is 2.00 bits per heavy atom. The summed E-state index contributed by atoms with van der Waals surface area (Å²) in [5.41, 5.74) is 2.49. The van der Waals surface area contributed by atoms with E-state index in [-0.39, 0.29) is 5.82 Å². The fourth-order valence-corrected chi connectivity index (χ4v) is 2.49. The van der Waals surface area contributed by atoms with Gasteiger partial charge in [0.1, 0.15) is 11.6 Å². The molecule has 2 rings (SSSR count). The van der Waals surface area contributed by atoms with Gasteiger partial charge in [0.25, 0.3) is 0 Å². The van der Waals surface area contributed by atoms with Crippen molar-refractivity contribution >= 4 is 29.1 Å². The number of halogens is 2. The van der Waals surface area contributed by atoms with Crippen molar-refractivity contribution in [1.29, 1.82) is 0 Å². The second kappa shape index (κ2) is 5.60. The fourth-order valence-electron chi connectivity index (χ4n) is 2.49. The van der Waals surface area contributed by atoms with Gasteiger partial charge in [0.05, 0.1) is 11.2 Å². The molecule has 0 saturated carbocycles. The third kappa shape index (κ3) is 2.77. The van der Waals surface area contributed by atoms with Crippen LogP contribution in [0.3, 0.4) is 0 Å². The first-order valence-corrected chi connectivity index (χ1v) is 6.63. The number of rotatable bonds is 2. The van der Waals surface area contributed by atoms with Crippen LogP contribution in [0.5, 0.6) is 0 Å². The number of nitrogens with zero attached hydrogens (tertiary/aromatic N) is 1. The quantitative estimate of drug-likeness (QED) is 0.765. The van der Waals surface area contributed by atoms with Crippen LogP contribution in [-0.4, -0.2) is 4.98 Å². The number of fused-ring (bicyclic) bond motifs is 1. The van der Waals surface area contributed by atoms with Gasteiger partial charge < -0.3 is 0 Å². The van der Waals surface area contributed by atoms with Crippen LogP contribution in [0.15, 0.2) is 30.6 Å². The van der Waals surface area contributed by atoms with Crippen LogP contribution in [0.25, 0.3) is 29.1 Å². The lowest BCUT2D eigenvalue weighted by Gasteiger charge is -2.08.